The van der Waals surface area contributed by atoms with E-state index < -0.39 is 13.1 Å². The molecule has 0 N–H and O–H groups in total. The molecule has 0 aliphatic carbocycles. The molecule has 0 spiro atoms. The predicted molar refractivity (Wildman–Crippen MR) is 18.3 cm³/mol. The lowest BCUT2D eigenvalue weighted by Gasteiger charge is -2.24. The molecule has 0 aliphatic heterocycles. The molecule has 0 aromatic carbocycles. The van der Waals surface area contributed by atoms with Gasteiger partial charge in [-0.3, -0.25) is 4.79 Å². The third-order valence-corrected chi connectivity index (χ3v) is 1.16. The molecule has 0 aromatic heterocycles. The standard InChI is InChI=1S/C2H5O4P/c1-2(3)7(4,5)6/h1H3,(H2,4,5,6)/p-2. The molecule has 0 aromatic rings. The Labute approximate surface area is 40.3 Å². The molecule has 0 atom stereocenters. The Kier molecular flexibility index (Phi) is 1.69. The summed E-state index contributed by atoms with van der Waals surface area (Å²) < 4.78 is 9.45. The molecule has 0 unspecified atom stereocenters. The number of carbonyl (C=O) groups is 1. The van der Waals surface area contributed by atoms with Crippen LogP contribution in [0.15, 0.2) is 0 Å². The molecule has 0 radical (unpaired) electrons. The van der Waals surface area contributed by atoms with Gasteiger partial charge < -0.3 is 14.4 Å². The van der Waals surface area contributed by atoms with Crippen molar-refractivity contribution >= 4 is 13.1 Å². The maximum absolute atomic E-state index is 9.58. The Hall–Kier alpha value is -0.180. The third kappa shape index (κ3) is 2.51. The topological polar surface area (TPSA) is 80.3 Å². The molecule has 7 heavy (non-hydrogen) atoms. The number of hydrogen-bond acceptors (Lipinski definition) is 4. The Morgan fingerprint density at radius 2 is 1.71 bits per heavy atom. The summed E-state index contributed by atoms with van der Waals surface area (Å²) in [6.45, 7) is 0.723. The second-order valence-corrected chi connectivity index (χ2v) is 2.64. The smallest absolute Gasteiger partial charge is 0.159 e. The summed E-state index contributed by atoms with van der Waals surface area (Å²) in [6, 6.07) is 0. The second-order valence-electron chi connectivity index (χ2n) is 1.02. The fourth-order valence-corrected chi connectivity index (χ4v) is 0. The molecule has 0 heterocycles. The Morgan fingerprint density at radius 1 is 1.57 bits per heavy atom. The zero-order valence-electron chi connectivity index (χ0n) is 3.58. The van der Waals surface area contributed by atoms with Gasteiger partial charge in [0.2, 0.25) is 0 Å². The molecule has 5 heteroatoms. The summed E-state index contributed by atoms with van der Waals surface area (Å²) in [6.07, 6.45) is 0. The molecule has 0 amide bonds. The van der Waals surface area contributed by atoms with E-state index in [2.05, 4.69) is 0 Å². The third-order valence-electron chi connectivity index (χ3n) is 0.386. The van der Waals surface area contributed by atoms with Gasteiger partial charge in [-0.05, 0) is 6.92 Å². The van der Waals surface area contributed by atoms with Crippen molar-refractivity contribution in [2.45, 2.75) is 6.92 Å². The first-order chi connectivity index (χ1) is 2.94. The molecule has 0 saturated heterocycles. The van der Waals surface area contributed by atoms with E-state index in [-0.39, 0.29) is 0 Å². The molecule has 4 nitrogen and oxygen atoms in total. The van der Waals surface area contributed by atoms with Crippen LogP contribution in [0.5, 0.6) is 0 Å². The molecule has 0 saturated carbocycles. The quantitative estimate of drug-likeness (QED) is 0.394. The van der Waals surface area contributed by atoms with Crippen molar-refractivity contribution in [3.05, 3.63) is 0 Å². The first-order valence-electron chi connectivity index (χ1n) is 1.48. The average Bonchev–Trinajstić information content (AvgIpc) is 1.31. The lowest BCUT2D eigenvalue weighted by molar-refractivity contribution is -0.310. The van der Waals surface area contributed by atoms with Crippen LogP contribution in [0.4, 0.5) is 0 Å². The summed E-state index contributed by atoms with van der Waals surface area (Å²) in [5.41, 5.74) is -1.31. The second kappa shape index (κ2) is 1.74. The molecule has 0 aliphatic rings. The minimum atomic E-state index is -4.88. The fraction of sp³-hybridized carbons (Fsp3) is 0.500. The van der Waals surface area contributed by atoms with Gasteiger partial charge in [0.1, 0.15) is 0 Å². The Balaban J connectivity index is 4.09. The van der Waals surface area contributed by atoms with E-state index in [4.69, 9.17) is 0 Å². The van der Waals surface area contributed by atoms with Crippen LogP contribution in [0, 0.1) is 0 Å². The summed E-state index contributed by atoms with van der Waals surface area (Å²) in [4.78, 5) is 28.5. The van der Waals surface area contributed by atoms with Crippen molar-refractivity contribution < 1.29 is 19.1 Å². The van der Waals surface area contributed by atoms with Crippen LogP contribution < -0.4 is 9.79 Å². The fourth-order valence-electron chi connectivity index (χ4n) is 0. The zero-order chi connectivity index (χ0) is 6.08. The largest absolute Gasteiger partial charge is 0.805 e. The summed E-state index contributed by atoms with van der Waals surface area (Å²) >= 11 is 0. The lowest BCUT2D eigenvalue weighted by Crippen LogP contribution is -2.19. The molecule has 0 rings (SSSR count). The van der Waals surface area contributed by atoms with E-state index in [0.717, 1.165) is 6.92 Å². The molecule has 0 fully saturated rings. The molecule has 42 valence electrons. The van der Waals surface area contributed by atoms with Gasteiger partial charge in [-0.15, -0.1) is 0 Å². The highest BCUT2D eigenvalue weighted by Crippen LogP contribution is 2.22. The minimum absolute atomic E-state index is 0.723. The Bertz CT molecular complexity index is 122. The normalized spacial score (nSPS) is 11.3. The van der Waals surface area contributed by atoms with Gasteiger partial charge >= 0.3 is 0 Å². The summed E-state index contributed by atoms with van der Waals surface area (Å²) in [5.74, 6) is 0. The van der Waals surface area contributed by atoms with E-state index in [9.17, 15) is 19.1 Å². The van der Waals surface area contributed by atoms with Crippen LogP contribution in [-0.2, 0) is 9.36 Å². The van der Waals surface area contributed by atoms with Crippen LogP contribution in [0.1, 0.15) is 6.92 Å². The van der Waals surface area contributed by atoms with Crippen molar-refractivity contribution in [1.29, 1.82) is 0 Å². The van der Waals surface area contributed by atoms with Gasteiger partial charge in [-0.1, -0.05) is 0 Å². The van der Waals surface area contributed by atoms with E-state index in [1.54, 1.807) is 0 Å². The molecular weight excluding hydrogens is 119 g/mol. The highest BCUT2D eigenvalue weighted by atomic mass is 31.2. The Morgan fingerprint density at radius 3 is 1.71 bits per heavy atom. The van der Waals surface area contributed by atoms with Crippen LogP contribution in [0.25, 0.3) is 0 Å². The highest BCUT2D eigenvalue weighted by molar-refractivity contribution is 7.67. The van der Waals surface area contributed by atoms with Crippen LogP contribution in [0.2, 0.25) is 0 Å². The van der Waals surface area contributed by atoms with Crippen LogP contribution in [-0.4, -0.2) is 5.52 Å². The zero-order valence-corrected chi connectivity index (χ0v) is 4.47. The monoisotopic (exact) mass is 122 g/mol. The van der Waals surface area contributed by atoms with Gasteiger partial charge in [0.15, 0.2) is 5.52 Å². The van der Waals surface area contributed by atoms with E-state index >= 15 is 0 Å². The van der Waals surface area contributed by atoms with E-state index in [0.29, 0.717) is 0 Å². The summed E-state index contributed by atoms with van der Waals surface area (Å²) in [7, 11) is -4.88. The van der Waals surface area contributed by atoms with E-state index in [1.807, 2.05) is 0 Å². The van der Waals surface area contributed by atoms with Crippen molar-refractivity contribution in [2.24, 2.45) is 0 Å². The predicted octanol–water partition coefficient (Wildman–Crippen LogP) is -1.55. The van der Waals surface area contributed by atoms with Gasteiger partial charge in [0, 0.05) is 7.60 Å². The minimum Gasteiger partial charge on any atom is -0.805 e. The van der Waals surface area contributed by atoms with Crippen LogP contribution in [0.3, 0.4) is 0 Å². The highest BCUT2D eigenvalue weighted by Gasteiger charge is 1.93. The van der Waals surface area contributed by atoms with Gasteiger partial charge in [0.05, 0.1) is 0 Å². The average molecular weight is 122 g/mol. The molecule has 0 bridgehead atoms. The van der Waals surface area contributed by atoms with Crippen molar-refractivity contribution in [3.63, 3.8) is 0 Å². The van der Waals surface area contributed by atoms with Crippen molar-refractivity contribution in [1.82, 2.24) is 0 Å². The first-order valence-corrected chi connectivity index (χ1v) is 3.02. The summed E-state index contributed by atoms with van der Waals surface area (Å²) in [5, 5.41) is 0. The maximum Gasteiger partial charge on any atom is 0.159 e. The first kappa shape index (κ1) is 6.82. The number of rotatable bonds is 1. The molecular formula is C2H3O4P-2. The SMILES string of the molecule is CC(=O)P(=O)([O-])[O-]. The number of carbonyl (C=O) groups excluding carboxylic acids is 1. The van der Waals surface area contributed by atoms with Gasteiger partial charge in [-0.2, -0.15) is 0 Å². The van der Waals surface area contributed by atoms with Crippen molar-refractivity contribution in [3.8, 4) is 0 Å². The lowest BCUT2D eigenvalue weighted by atomic mass is 10.9. The van der Waals surface area contributed by atoms with Crippen LogP contribution >= 0.6 is 7.60 Å². The van der Waals surface area contributed by atoms with Gasteiger partial charge in [0.25, 0.3) is 0 Å². The van der Waals surface area contributed by atoms with Crippen molar-refractivity contribution in [2.75, 3.05) is 0 Å². The van der Waals surface area contributed by atoms with E-state index in [1.165, 1.54) is 0 Å². The maximum atomic E-state index is 9.58. The van der Waals surface area contributed by atoms with Gasteiger partial charge in [-0.25, -0.2) is 0 Å². The number of hydrogen-bond donors (Lipinski definition) is 0.